The molecule has 4 rings (SSSR count). The third-order valence-corrected chi connectivity index (χ3v) is 6.76. The number of sulfone groups is 1. The Balaban J connectivity index is -0.000000961. The second kappa shape index (κ2) is 23.8. The first kappa shape index (κ1) is 50.9. The molecule has 0 aliphatic carbocycles. The van der Waals surface area contributed by atoms with Gasteiger partial charge in [0.2, 0.25) is 9.84 Å². The van der Waals surface area contributed by atoms with E-state index in [1.807, 2.05) is 55.5 Å². The molecule has 0 aromatic heterocycles. The molecule has 0 aliphatic rings. The molecule has 284 valence electrons. The molecule has 0 atom stereocenters. The molecule has 0 unspecified atom stereocenters. The lowest BCUT2D eigenvalue weighted by atomic mass is 10.1. The molecule has 51 heavy (non-hydrogen) atoms. The highest BCUT2D eigenvalue weighted by Crippen LogP contribution is 2.29. The second-order valence-electron chi connectivity index (χ2n) is 9.02. The number of hydrogen-bond acceptors (Lipinski definition) is 14. The minimum Gasteiger partial charge on any atom is -0.497 e. The molecule has 2 N–H and O–H groups in total. The number of aryl methyl sites for hydroxylation is 1. The van der Waals surface area contributed by atoms with E-state index in [4.69, 9.17) is 43.8 Å². The Labute approximate surface area is 301 Å². The summed E-state index contributed by atoms with van der Waals surface area (Å²) in [6, 6.07) is 28.9. The molecule has 0 saturated heterocycles. The monoisotopic (exact) mass is 814 g/mol. The van der Waals surface area contributed by atoms with Crippen molar-refractivity contribution in [2.24, 2.45) is 0 Å². The smallest absolute Gasteiger partial charge is 0.425 e. The van der Waals surface area contributed by atoms with Crippen molar-refractivity contribution in [3.63, 3.8) is 0 Å². The van der Waals surface area contributed by atoms with Crippen molar-refractivity contribution in [3.8, 4) is 28.4 Å². The van der Waals surface area contributed by atoms with Crippen LogP contribution in [0.2, 0.25) is 0 Å². The Hall–Kier alpha value is -4.51. The van der Waals surface area contributed by atoms with Crippen LogP contribution in [-0.2, 0) is 51.3 Å². The first-order valence-electron chi connectivity index (χ1n) is 12.6. The Bertz CT molecular complexity index is 2100. The van der Waals surface area contributed by atoms with Gasteiger partial charge in [0.15, 0.2) is 0 Å². The Morgan fingerprint density at radius 3 is 1.00 bits per heavy atom. The van der Waals surface area contributed by atoms with Crippen molar-refractivity contribution in [3.05, 3.63) is 103 Å². The summed E-state index contributed by atoms with van der Waals surface area (Å²) < 4.78 is 139. The fourth-order valence-corrected chi connectivity index (χ4v) is 4.44. The van der Waals surface area contributed by atoms with Gasteiger partial charge in [0, 0.05) is 0 Å². The zero-order chi connectivity index (χ0) is 38.0. The SMILES string of the molecule is C.C.COc1ccc(-c2ccc(Oc3ccc(S(=O)(=O)c4ccc(C)cc4)cc3)cc2)cc1.CS(=O)(=O)O.CS(=O)(=O)O.O=S(=O)=O.O=S(=O)=O. The summed E-state index contributed by atoms with van der Waals surface area (Å²) in [5.74, 6) is 2.06. The van der Waals surface area contributed by atoms with Crippen LogP contribution in [-0.4, -0.2) is 79.2 Å². The normalized spacial score (nSPS) is 10.0. The van der Waals surface area contributed by atoms with Crippen LogP contribution < -0.4 is 9.47 Å². The zero-order valence-electron chi connectivity index (χ0n) is 25.9. The molecule has 21 heteroatoms. The Kier molecular flexibility index (Phi) is 23.8. The van der Waals surface area contributed by atoms with Crippen molar-refractivity contribution in [2.45, 2.75) is 31.6 Å². The minimum absolute atomic E-state index is 0. The van der Waals surface area contributed by atoms with Gasteiger partial charge in [-0.15, -0.1) is 25.3 Å². The fraction of sp³-hybridized carbons (Fsp3) is 0.200. The average molecular weight is 815 g/mol. The number of methoxy groups -OCH3 is 1. The van der Waals surface area contributed by atoms with E-state index in [1.54, 1.807) is 55.6 Å². The average Bonchev–Trinajstić information content (AvgIpc) is 2.96. The summed E-state index contributed by atoms with van der Waals surface area (Å²) in [5, 5.41) is 0. The van der Waals surface area contributed by atoms with E-state index in [9.17, 15) is 25.3 Å². The van der Waals surface area contributed by atoms with Gasteiger partial charge < -0.3 is 9.47 Å². The molecule has 4 aromatic carbocycles. The van der Waals surface area contributed by atoms with Gasteiger partial charge in [0.25, 0.3) is 20.2 Å². The molecule has 0 bridgehead atoms. The van der Waals surface area contributed by atoms with E-state index >= 15 is 0 Å². The summed E-state index contributed by atoms with van der Waals surface area (Å²) in [6.45, 7) is 1.92. The number of hydrogen-bond donors (Lipinski definition) is 2. The number of ether oxygens (including phenoxy) is 2. The lowest BCUT2D eigenvalue weighted by molar-refractivity contribution is 0.415. The molecular formula is C30H38O16S5. The van der Waals surface area contributed by atoms with Gasteiger partial charge in [-0.05, 0) is 78.7 Å². The topological polar surface area (TPSA) is 264 Å². The third kappa shape index (κ3) is 26.0. The zero-order valence-corrected chi connectivity index (χ0v) is 30.0. The first-order valence-corrected chi connectivity index (χ1v) is 19.8. The molecule has 0 fully saturated rings. The largest absolute Gasteiger partial charge is 0.497 e. The van der Waals surface area contributed by atoms with Crippen molar-refractivity contribution >= 4 is 51.3 Å². The van der Waals surface area contributed by atoms with Crippen molar-refractivity contribution in [1.29, 1.82) is 0 Å². The van der Waals surface area contributed by atoms with Crippen LogP contribution in [0.15, 0.2) is 107 Å². The van der Waals surface area contributed by atoms with E-state index in [0.717, 1.165) is 22.4 Å². The Morgan fingerprint density at radius 1 is 0.490 bits per heavy atom. The lowest BCUT2D eigenvalue weighted by Gasteiger charge is -2.09. The molecule has 4 aromatic rings. The van der Waals surface area contributed by atoms with Crippen LogP contribution in [0.5, 0.6) is 17.2 Å². The van der Waals surface area contributed by atoms with E-state index in [2.05, 4.69) is 0 Å². The van der Waals surface area contributed by atoms with Crippen LogP contribution >= 0.6 is 0 Å². The van der Waals surface area contributed by atoms with E-state index in [0.29, 0.717) is 24.0 Å². The third-order valence-electron chi connectivity index (χ3n) is 4.98. The molecule has 16 nitrogen and oxygen atoms in total. The molecule has 0 radical (unpaired) electrons. The summed E-state index contributed by atoms with van der Waals surface area (Å²) in [4.78, 5) is 0.513. The predicted molar refractivity (Wildman–Crippen MR) is 189 cm³/mol. The van der Waals surface area contributed by atoms with Gasteiger partial charge in [-0.1, -0.05) is 56.8 Å². The molecule has 0 saturated carbocycles. The van der Waals surface area contributed by atoms with Crippen LogP contribution in [0.1, 0.15) is 20.4 Å². The second-order valence-corrected chi connectivity index (χ2v) is 14.7. The van der Waals surface area contributed by atoms with Crippen LogP contribution in [0.4, 0.5) is 0 Å². The molecule has 0 amide bonds. The lowest BCUT2D eigenvalue weighted by Crippen LogP contribution is -2.01. The molecular weight excluding hydrogens is 777 g/mol. The highest BCUT2D eigenvalue weighted by molar-refractivity contribution is 7.91. The summed E-state index contributed by atoms with van der Waals surface area (Å²) in [7, 11) is -15.5. The van der Waals surface area contributed by atoms with Crippen LogP contribution in [0.25, 0.3) is 11.1 Å². The quantitative estimate of drug-likeness (QED) is 0.253. The molecule has 0 spiro atoms. The van der Waals surface area contributed by atoms with Gasteiger partial charge in [-0.3, -0.25) is 9.11 Å². The summed E-state index contributed by atoms with van der Waals surface area (Å²) in [5.41, 5.74) is 3.16. The first-order chi connectivity index (χ1) is 22.4. The number of rotatable bonds is 6. The van der Waals surface area contributed by atoms with Gasteiger partial charge in [-0.25, -0.2) is 8.42 Å². The standard InChI is InChI=1S/C26H22O4S.2CH4O3S.2CH4.2O3S/c1-19-3-15-25(16-4-19)31(27,28)26-17-13-24(14-18-26)30-23-11-7-21(8-12-23)20-5-9-22(29-2)10-6-20;2*1-5(2,3)4;;;2*1-4(2)3/h3-18H,1-2H3;2*1H3,(H,2,3,4);2*1H4;;. The van der Waals surface area contributed by atoms with E-state index in [-0.39, 0.29) is 24.6 Å². The van der Waals surface area contributed by atoms with Gasteiger partial charge in [0.1, 0.15) is 17.2 Å². The van der Waals surface area contributed by atoms with Gasteiger partial charge in [0.05, 0.1) is 29.4 Å². The highest BCUT2D eigenvalue weighted by Gasteiger charge is 2.17. The molecule has 0 aliphatic heterocycles. The number of benzene rings is 4. The van der Waals surface area contributed by atoms with Crippen molar-refractivity contribution in [2.75, 3.05) is 19.6 Å². The van der Waals surface area contributed by atoms with Gasteiger partial charge in [-0.2, -0.15) is 16.8 Å². The molecule has 0 heterocycles. The van der Waals surface area contributed by atoms with Crippen LogP contribution in [0.3, 0.4) is 0 Å². The summed E-state index contributed by atoms with van der Waals surface area (Å²) in [6.07, 6.45) is 1.43. The van der Waals surface area contributed by atoms with Crippen molar-refractivity contribution < 1.29 is 69.1 Å². The summed E-state index contributed by atoms with van der Waals surface area (Å²) >= 11 is 0. The van der Waals surface area contributed by atoms with E-state index < -0.39 is 51.3 Å². The highest BCUT2D eigenvalue weighted by atomic mass is 32.2. The van der Waals surface area contributed by atoms with Gasteiger partial charge >= 0.3 is 21.2 Å². The fourth-order valence-electron chi connectivity index (χ4n) is 3.18. The maximum Gasteiger partial charge on any atom is 0.425 e. The van der Waals surface area contributed by atoms with E-state index in [1.165, 1.54) is 0 Å². The Morgan fingerprint density at radius 2 is 0.725 bits per heavy atom. The maximum atomic E-state index is 12.8. The minimum atomic E-state index is -3.67. The predicted octanol–water partition coefficient (Wildman–Crippen LogP) is 4.57. The van der Waals surface area contributed by atoms with Crippen molar-refractivity contribution in [1.82, 2.24) is 0 Å². The maximum absolute atomic E-state index is 12.8. The van der Waals surface area contributed by atoms with Crippen LogP contribution in [0, 0.1) is 6.92 Å².